The first-order chi connectivity index (χ1) is 8.22. The van der Waals surface area contributed by atoms with Crippen LogP contribution in [0.15, 0.2) is 6.07 Å². The van der Waals surface area contributed by atoms with Gasteiger partial charge in [0.05, 0.1) is 6.54 Å². The average Bonchev–Trinajstić information content (AvgIpc) is 3.17. The van der Waals surface area contributed by atoms with Gasteiger partial charge in [0.1, 0.15) is 5.82 Å². The molecule has 0 unspecified atom stereocenters. The molecule has 3 nitrogen and oxygen atoms in total. The lowest BCUT2D eigenvalue weighted by atomic mass is 10.1. The Morgan fingerprint density at radius 1 is 1.24 bits per heavy atom. The molecule has 17 heavy (non-hydrogen) atoms. The summed E-state index contributed by atoms with van der Waals surface area (Å²) in [4.78, 5) is 9.37. The Hall–Kier alpha value is -0.960. The summed E-state index contributed by atoms with van der Waals surface area (Å²) >= 11 is 0. The maximum Gasteiger partial charge on any atom is 0.142 e. The van der Waals surface area contributed by atoms with Gasteiger partial charge in [0, 0.05) is 23.3 Å². The van der Waals surface area contributed by atoms with E-state index < -0.39 is 0 Å². The molecule has 0 saturated heterocycles. The fraction of sp³-hybridized carbons (Fsp3) is 0.714. The van der Waals surface area contributed by atoms with Crippen LogP contribution in [0.5, 0.6) is 0 Å². The van der Waals surface area contributed by atoms with E-state index in [-0.39, 0.29) is 0 Å². The summed E-state index contributed by atoms with van der Waals surface area (Å²) in [6.07, 6.45) is 5.26. The predicted octanol–water partition coefficient (Wildman–Crippen LogP) is 2.73. The smallest absolute Gasteiger partial charge is 0.142 e. The van der Waals surface area contributed by atoms with Crippen molar-refractivity contribution in [1.29, 1.82) is 0 Å². The van der Waals surface area contributed by atoms with Crippen molar-refractivity contribution in [2.45, 2.75) is 64.0 Å². The van der Waals surface area contributed by atoms with Gasteiger partial charge in [0.15, 0.2) is 0 Å². The van der Waals surface area contributed by atoms with Gasteiger partial charge in [0.25, 0.3) is 0 Å². The first kappa shape index (κ1) is 11.1. The van der Waals surface area contributed by atoms with E-state index in [1.165, 1.54) is 37.1 Å². The molecule has 1 heterocycles. The van der Waals surface area contributed by atoms with Crippen LogP contribution in [-0.4, -0.2) is 16.0 Å². The van der Waals surface area contributed by atoms with Crippen LogP contribution < -0.4 is 5.32 Å². The molecular formula is C14H21N3. The first-order valence-electron chi connectivity index (χ1n) is 6.83. The molecule has 3 heteroatoms. The van der Waals surface area contributed by atoms with Gasteiger partial charge in [-0.25, -0.2) is 9.97 Å². The fourth-order valence-electron chi connectivity index (χ4n) is 2.03. The Kier molecular flexibility index (Phi) is 2.87. The quantitative estimate of drug-likeness (QED) is 0.846. The molecule has 0 atom stereocenters. The van der Waals surface area contributed by atoms with Gasteiger partial charge in [-0.15, -0.1) is 0 Å². The topological polar surface area (TPSA) is 37.8 Å². The molecule has 2 aliphatic rings. The van der Waals surface area contributed by atoms with Crippen LogP contribution in [0.4, 0.5) is 0 Å². The van der Waals surface area contributed by atoms with Crippen LogP contribution >= 0.6 is 0 Å². The van der Waals surface area contributed by atoms with Gasteiger partial charge in [-0.2, -0.15) is 0 Å². The standard InChI is InChI=1S/C14H21N3/c1-9(2)12-7-13(10-3-4-10)17-14(16-12)8-15-11-5-6-11/h7,9-11,15H,3-6,8H2,1-2H3. The third-order valence-corrected chi connectivity index (χ3v) is 3.53. The molecule has 0 aromatic carbocycles. The maximum absolute atomic E-state index is 4.70. The van der Waals surface area contributed by atoms with Crippen molar-refractivity contribution in [1.82, 2.24) is 15.3 Å². The molecule has 0 bridgehead atoms. The zero-order valence-corrected chi connectivity index (χ0v) is 10.7. The lowest BCUT2D eigenvalue weighted by molar-refractivity contribution is 0.643. The molecule has 0 radical (unpaired) electrons. The lowest BCUT2D eigenvalue weighted by Crippen LogP contribution is -2.18. The second-order valence-electron chi connectivity index (χ2n) is 5.72. The summed E-state index contributed by atoms with van der Waals surface area (Å²) in [6.45, 7) is 5.25. The van der Waals surface area contributed by atoms with E-state index in [1.807, 2.05) is 0 Å². The van der Waals surface area contributed by atoms with Gasteiger partial charge >= 0.3 is 0 Å². The summed E-state index contributed by atoms with van der Waals surface area (Å²) in [5.74, 6) is 2.20. The first-order valence-corrected chi connectivity index (χ1v) is 6.83. The Bertz CT molecular complexity index is 386. The Morgan fingerprint density at radius 2 is 2.00 bits per heavy atom. The molecule has 1 aromatic heterocycles. The minimum Gasteiger partial charge on any atom is -0.307 e. The molecular weight excluding hydrogens is 210 g/mol. The van der Waals surface area contributed by atoms with Crippen molar-refractivity contribution >= 4 is 0 Å². The zero-order valence-electron chi connectivity index (χ0n) is 10.7. The number of nitrogens with one attached hydrogen (secondary N) is 1. The van der Waals surface area contributed by atoms with Crippen LogP contribution in [0.2, 0.25) is 0 Å². The fourth-order valence-corrected chi connectivity index (χ4v) is 2.03. The van der Waals surface area contributed by atoms with Gasteiger partial charge < -0.3 is 5.32 Å². The van der Waals surface area contributed by atoms with Crippen LogP contribution in [0, 0.1) is 0 Å². The zero-order chi connectivity index (χ0) is 11.8. The molecule has 3 rings (SSSR count). The van der Waals surface area contributed by atoms with E-state index >= 15 is 0 Å². The van der Waals surface area contributed by atoms with Gasteiger partial charge in [-0.3, -0.25) is 0 Å². The molecule has 92 valence electrons. The molecule has 0 aliphatic heterocycles. The Balaban J connectivity index is 1.78. The minimum absolute atomic E-state index is 0.496. The normalized spacial score (nSPS) is 19.9. The van der Waals surface area contributed by atoms with E-state index in [2.05, 4.69) is 30.2 Å². The summed E-state index contributed by atoms with van der Waals surface area (Å²) < 4.78 is 0. The van der Waals surface area contributed by atoms with E-state index in [9.17, 15) is 0 Å². The van der Waals surface area contributed by atoms with E-state index in [0.29, 0.717) is 5.92 Å². The maximum atomic E-state index is 4.70. The second kappa shape index (κ2) is 4.37. The highest BCUT2D eigenvalue weighted by molar-refractivity contribution is 5.21. The van der Waals surface area contributed by atoms with Crippen LogP contribution in [0.25, 0.3) is 0 Å². The highest BCUT2D eigenvalue weighted by atomic mass is 15.0. The van der Waals surface area contributed by atoms with E-state index in [0.717, 1.165) is 24.3 Å². The third kappa shape index (κ3) is 2.83. The number of hydrogen-bond donors (Lipinski definition) is 1. The van der Waals surface area contributed by atoms with Crippen LogP contribution in [-0.2, 0) is 6.54 Å². The van der Waals surface area contributed by atoms with Crippen LogP contribution in [0.3, 0.4) is 0 Å². The molecule has 0 spiro atoms. The van der Waals surface area contributed by atoms with Gasteiger partial charge in [-0.05, 0) is 37.7 Å². The van der Waals surface area contributed by atoms with Crippen molar-refractivity contribution in [3.63, 3.8) is 0 Å². The number of rotatable bonds is 5. The molecule has 2 aliphatic carbocycles. The summed E-state index contributed by atoms with van der Waals surface area (Å²) in [7, 11) is 0. The number of nitrogens with zero attached hydrogens (tertiary/aromatic N) is 2. The summed E-state index contributed by atoms with van der Waals surface area (Å²) in [5.41, 5.74) is 2.48. The largest absolute Gasteiger partial charge is 0.307 e. The SMILES string of the molecule is CC(C)c1cc(C2CC2)nc(CNC2CC2)n1. The lowest BCUT2D eigenvalue weighted by Gasteiger charge is -2.10. The highest BCUT2D eigenvalue weighted by Crippen LogP contribution is 2.39. The third-order valence-electron chi connectivity index (χ3n) is 3.53. The monoisotopic (exact) mass is 231 g/mol. The average molecular weight is 231 g/mol. The summed E-state index contributed by atoms with van der Waals surface area (Å²) in [6, 6.07) is 2.94. The Labute approximate surface area is 103 Å². The molecule has 2 saturated carbocycles. The number of aromatic nitrogens is 2. The Morgan fingerprint density at radius 3 is 2.59 bits per heavy atom. The van der Waals surface area contributed by atoms with Crippen molar-refractivity contribution in [2.24, 2.45) is 0 Å². The van der Waals surface area contributed by atoms with Crippen molar-refractivity contribution in [3.8, 4) is 0 Å². The molecule has 1 N–H and O–H groups in total. The second-order valence-corrected chi connectivity index (χ2v) is 5.72. The van der Waals surface area contributed by atoms with E-state index in [1.54, 1.807) is 0 Å². The number of hydrogen-bond acceptors (Lipinski definition) is 3. The van der Waals surface area contributed by atoms with Crippen LogP contribution in [0.1, 0.15) is 68.6 Å². The highest BCUT2D eigenvalue weighted by Gasteiger charge is 2.27. The molecule has 1 aromatic rings. The van der Waals surface area contributed by atoms with Crippen molar-refractivity contribution < 1.29 is 0 Å². The van der Waals surface area contributed by atoms with E-state index in [4.69, 9.17) is 4.98 Å². The van der Waals surface area contributed by atoms with Gasteiger partial charge in [0.2, 0.25) is 0 Å². The van der Waals surface area contributed by atoms with Crippen molar-refractivity contribution in [2.75, 3.05) is 0 Å². The predicted molar refractivity (Wildman–Crippen MR) is 68.0 cm³/mol. The molecule has 2 fully saturated rings. The van der Waals surface area contributed by atoms with Gasteiger partial charge in [-0.1, -0.05) is 13.8 Å². The summed E-state index contributed by atoms with van der Waals surface area (Å²) in [5, 5.41) is 3.50. The minimum atomic E-state index is 0.496. The van der Waals surface area contributed by atoms with Crippen molar-refractivity contribution in [3.05, 3.63) is 23.3 Å². The molecule has 0 amide bonds.